The van der Waals surface area contributed by atoms with Crippen LogP contribution in [0.4, 0.5) is 0 Å². The van der Waals surface area contributed by atoms with Crippen LogP contribution in [-0.4, -0.2) is 37.8 Å². The first-order chi connectivity index (χ1) is 15.3. The number of rotatable bonds is 5. The normalized spacial score (nSPS) is 16.4. The maximum absolute atomic E-state index is 11.2. The van der Waals surface area contributed by atoms with Gasteiger partial charge in [-0.2, -0.15) is 0 Å². The number of nitrogens with one attached hydrogen (secondary N) is 2. The molecule has 1 amide bonds. The van der Waals surface area contributed by atoms with Crippen LogP contribution in [0.25, 0.3) is 43.4 Å². The molecule has 0 radical (unpaired) electrons. The van der Waals surface area contributed by atoms with E-state index >= 15 is 0 Å². The van der Waals surface area contributed by atoms with E-state index < -0.39 is 0 Å². The first-order valence-electron chi connectivity index (χ1n) is 10.2. The van der Waals surface area contributed by atoms with Crippen LogP contribution in [0.5, 0.6) is 0 Å². The van der Waals surface area contributed by atoms with Crippen molar-refractivity contribution >= 4 is 28.0 Å². The zero-order chi connectivity index (χ0) is 20.8. The van der Waals surface area contributed by atoms with Gasteiger partial charge in [-0.05, 0) is 18.4 Å². The smallest absolute Gasteiger partial charge is 0.210 e. The van der Waals surface area contributed by atoms with E-state index in [4.69, 9.17) is 4.42 Å². The summed E-state index contributed by atoms with van der Waals surface area (Å²) in [4.78, 5) is 29.3. The Kier molecular flexibility index (Phi) is 4.24. The van der Waals surface area contributed by atoms with E-state index in [0.29, 0.717) is 0 Å². The molecule has 1 unspecified atom stereocenters. The Morgan fingerprint density at radius 2 is 2.00 bits per heavy atom. The van der Waals surface area contributed by atoms with E-state index in [9.17, 15) is 4.79 Å². The number of thiophene rings is 1. The quantitative estimate of drug-likeness (QED) is 0.374. The summed E-state index contributed by atoms with van der Waals surface area (Å²) in [5.74, 6) is 1.70. The van der Waals surface area contributed by atoms with Crippen LogP contribution in [0.2, 0.25) is 0 Å². The van der Waals surface area contributed by atoms with Crippen LogP contribution in [0.3, 0.4) is 0 Å². The Morgan fingerprint density at radius 1 is 1.13 bits per heavy atom. The number of imidazole rings is 2. The van der Waals surface area contributed by atoms with Crippen molar-refractivity contribution < 1.29 is 9.21 Å². The number of carbonyl (C=O) groups excluding carboxylic acids is 1. The maximum atomic E-state index is 11.2. The first kappa shape index (κ1) is 18.1. The number of H-pyrrole nitrogens is 2. The lowest BCUT2D eigenvalue weighted by Crippen LogP contribution is -2.21. The van der Waals surface area contributed by atoms with E-state index in [1.165, 1.54) is 0 Å². The molecule has 31 heavy (non-hydrogen) atoms. The molecule has 0 spiro atoms. The van der Waals surface area contributed by atoms with Crippen molar-refractivity contribution in [2.24, 2.45) is 0 Å². The van der Waals surface area contributed by atoms with Crippen LogP contribution in [0.15, 0.2) is 59.5 Å². The zero-order valence-electron chi connectivity index (χ0n) is 16.5. The zero-order valence-corrected chi connectivity index (χ0v) is 17.4. The minimum absolute atomic E-state index is 0.0468. The van der Waals surface area contributed by atoms with Gasteiger partial charge >= 0.3 is 0 Å². The van der Waals surface area contributed by atoms with Gasteiger partial charge in [0.25, 0.3) is 0 Å². The third-order valence-electron chi connectivity index (χ3n) is 5.79. The summed E-state index contributed by atoms with van der Waals surface area (Å²) in [6, 6.07) is 12.4. The van der Waals surface area contributed by atoms with Gasteiger partial charge in [-0.25, -0.2) is 9.97 Å². The van der Waals surface area contributed by atoms with E-state index in [1.54, 1.807) is 17.7 Å². The largest absolute Gasteiger partial charge is 0.455 e. The Morgan fingerprint density at radius 3 is 2.77 bits per heavy atom. The van der Waals surface area contributed by atoms with Crippen LogP contribution < -0.4 is 0 Å². The number of fused-ring (bicyclic) bond motifs is 1. The van der Waals surface area contributed by atoms with Gasteiger partial charge in [0.2, 0.25) is 6.41 Å². The van der Waals surface area contributed by atoms with Crippen molar-refractivity contribution in [3.8, 4) is 33.2 Å². The van der Waals surface area contributed by atoms with Crippen molar-refractivity contribution in [1.82, 2.24) is 24.8 Å². The first-order valence-corrected chi connectivity index (χ1v) is 11.0. The number of aromatic amines is 2. The van der Waals surface area contributed by atoms with Crippen molar-refractivity contribution in [2.45, 2.75) is 18.9 Å². The topological polar surface area (TPSA) is 90.8 Å². The molecule has 7 nitrogen and oxygen atoms in total. The second-order valence-corrected chi connectivity index (χ2v) is 8.76. The molecular weight excluding hydrogens is 410 g/mol. The van der Waals surface area contributed by atoms with Crippen molar-refractivity contribution in [3.05, 3.63) is 60.9 Å². The lowest BCUT2D eigenvalue weighted by atomic mass is 10.1. The van der Waals surface area contributed by atoms with Crippen molar-refractivity contribution in [1.29, 1.82) is 0 Å². The molecule has 6 rings (SSSR count). The minimum Gasteiger partial charge on any atom is -0.455 e. The standard InChI is InChI=1S/C23H19N5O2S/c29-13-28-7-1-2-18(28)23-25-11-17(27-23)21-9-20-22(31-21)8-19(30-20)15-5-3-14(4-6-15)16-10-24-12-26-16/h3-6,8-13,18H,1-2,7H2,(H,24,26)(H,25,27). The Hall–Kier alpha value is -3.65. The molecular formula is C23H19N5O2S. The fraction of sp³-hybridized carbons (Fsp3) is 0.174. The van der Waals surface area contributed by atoms with Crippen LogP contribution in [-0.2, 0) is 4.79 Å². The van der Waals surface area contributed by atoms with Gasteiger partial charge < -0.3 is 19.3 Å². The molecule has 1 aliphatic heterocycles. The molecule has 1 saturated heterocycles. The maximum Gasteiger partial charge on any atom is 0.210 e. The Balaban J connectivity index is 1.25. The number of amides is 1. The number of carbonyl (C=O) groups is 1. The van der Waals surface area contributed by atoms with Gasteiger partial charge in [0, 0.05) is 24.2 Å². The van der Waals surface area contributed by atoms with E-state index in [0.717, 1.165) is 75.1 Å². The molecule has 4 aromatic heterocycles. The Labute approximate surface area is 181 Å². The molecule has 5 heterocycles. The van der Waals surface area contributed by atoms with Gasteiger partial charge in [-0.1, -0.05) is 24.3 Å². The number of likely N-dealkylation sites (tertiary alicyclic amines) is 1. The highest BCUT2D eigenvalue weighted by Crippen LogP contribution is 2.38. The van der Waals surface area contributed by atoms with Gasteiger partial charge in [-0.15, -0.1) is 11.3 Å². The highest BCUT2D eigenvalue weighted by molar-refractivity contribution is 7.22. The van der Waals surface area contributed by atoms with Crippen LogP contribution in [0.1, 0.15) is 24.7 Å². The van der Waals surface area contributed by atoms with E-state index in [2.05, 4.69) is 50.3 Å². The Bertz CT molecular complexity index is 1320. The summed E-state index contributed by atoms with van der Waals surface area (Å²) in [7, 11) is 0. The summed E-state index contributed by atoms with van der Waals surface area (Å²) < 4.78 is 7.22. The average Bonchev–Trinajstić information content (AvgIpc) is 3.59. The predicted molar refractivity (Wildman–Crippen MR) is 119 cm³/mol. The van der Waals surface area contributed by atoms with Gasteiger partial charge in [0.1, 0.15) is 17.2 Å². The van der Waals surface area contributed by atoms with Crippen molar-refractivity contribution in [2.75, 3.05) is 6.54 Å². The molecule has 1 aliphatic rings. The molecule has 154 valence electrons. The summed E-state index contributed by atoms with van der Waals surface area (Å²) in [6.45, 7) is 0.793. The predicted octanol–water partition coefficient (Wildman–Crippen LogP) is 5.23. The number of hydrogen-bond acceptors (Lipinski definition) is 5. The van der Waals surface area contributed by atoms with Crippen LogP contribution in [0, 0.1) is 0 Å². The molecule has 1 atom stereocenters. The molecule has 0 aliphatic carbocycles. The van der Waals surface area contributed by atoms with Crippen LogP contribution >= 0.6 is 11.3 Å². The molecule has 1 fully saturated rings. The molecule has 1 aromatic carbocycles. The van der Waals surface area contributed by atoms with E-state index in [-0.39, 0.29) is 6.04 Å². The van der Waals surface area contributed by atoms with Gasteiger partial charge in [0.05, 0.1) is 45.7 Å². The van der Waals surface area contributed by atoms with Gasteiger partial charge in [-0.3, -0.25) is 4.79 Å². The lowest BCUT2D eigenvalue weighted by Gasteiger charge is -2.17. The minimum atomic E-state index is 0.0468. The second-order valence-electron chi connectivity index (χ2n) is 7.68. The summed E-state index contributed by atoms with van der Waals surface area (Å²) in [5.41, 5.74) is 4.92. The van der Waals surface area contributed by atoms with Crippen molar-refractivity contribution in [3.63, 3.8) is 0 Å². The molecule has 2 N–H and O–H groups in total. The second kappa shape index (κ2) is 7.24. The SMILES string of the molecule is O=CN1CCCC1c1ncc(-c2cc3oc(-c4ccc(-c5cnc[nH]5)cc4)cc3s2)[nH]1. The summed E-state index contributed by atoms with van der Waals surface area (Å²) in [6.07, 6.45) is 8.20. The number of hydrogen-bond donors (Lipinski definition) is 2. The number of benzene rings is 1. The molecule has 0 saturated carbocycles. The number of furan rings is 1. The highest BCUT2D eigenvalue weighted by Gasteiger charge is 2.27. The highest BCUT2D eigenvalue weighted by atomic mass is 32.1. The fourth-order valence-electron chi connectivity index (χ4n) is 4.18. The summed E-state index contributed by atoms with van der Waals surface area (Å²) in [5, 5.41) is 0. The number of aromatic nitrogens is 4. The monoisotopic (exact) mass is 429 g/mol. The third-order valence-corrected chi connectivity index (χ3v) is 6.89. The van der Waals surface area contributed by atoms with E-state index in [1.807, 2.05) is 23.4 Å². The molecule has 0 bridgehead atoms. The summed E-state index contributed by atoms with van der Waals surface area (Å²) >= 11 is 1.67. The fourth-order valence-corrected chi connectivity index (χ4v) is 5.16. The third kappa shape index (κ3) is 3.16. The average molecular weight is 430 g/mol. The van der Waals surface area contributed by atoms with Gasteiger partial charge in [0.15, 0.2) is 0 Å². The molecule has 8 heteroatoms. The molecule has 5 aromatic rings. The number of nitrogens with zero attached hydrogens (tertiary/aromatic N) is 3. The lowest BCUT2D eigenvalue weighted by molar-refractivity contribution is -0.119.